The number of rotatable bonds is 5. The van der Waals surface area contributed by atoms with E-state index in [1.54, 1.807) is 11.1 Å². The Kier molecular flexibility index (Phi) is 4.62. The minimum atomic E-state index is 0.475. The summed E-state index contributed by atoms with van der Waals surface area (Å²) in [5.41, 5.74) is 2.99. The highest BCUT2D eigenvalue weighted by Crippen LogP contribution is 2.01. The lowest BCUT2D eigenvalue weighted by Crippen LogP contribution is -2.35. The predicted octanol–water partition coefficient (Wildman–Crippen LogP) is 1.42. The summed E-state index contributed by atoms with van der Waals surface area (Å²) < 4.78 is 0. The zero-order valence-corrected chi connectivity index (χ0v) is 9.37. The molecule has 0 atom stereocenters. The number of aromatic nitrogens is 3. The molecule has 0 bridgehead atoms. The first-order valence-corrected chi connectivity index (χ1v) is 4.98. The summed E-state index contributed by atoms with van der Waals surface area (Å²) in [5, 5.41) is 1.78. The molecule has 0 aliphatic heterocycles. The smallest absolute Gasteiger partial charge is 0.244 e. The molecule has 1 aromatic rings. The molecule has 1 aromatic heterocycles. The van der Waals surface area contributed by atoms with Gasteiger partial charge in [-0.25, -0.2) is 4.98 Å². The maximum atomic E-state index is 5.19. The second-order valence-corrected chi connectivity index (χ2v) is 3.19. The van der Waals surface area contributed by atoms with Crippen molar-refractivity contribution < 1.29 is 0 Å². The van der Waals surface area contributed by atoms with Gasteiger partial charge in [-0.15, -0.1) is 6.58 Å². The molecule has 0 amide bonds. The summed E-state index contributed by atoms with van der Waals surface area (Å²) in [6, 6.07) is 0. The number of thiocarbonyl (C=S) groups is 1. The first-order chi connectivity index (χ1) is 7.27. The Morgan fingerprint density at radius 2 is 2.27 bits per heavy atom. The van der Waals surface area contributed by atoms with Crippen LogP contribution in [0.3, 0.4) is 0 Å². The maximum Gasteiger partial charge on any atom is 0.244 e. The predicted molar refractivity (Wildman–Crippen MR) is 63.2 cm³/mol. The zero-order chi connectivity index (χ0) is 11.1. The SMILES string of the molecule is C=CCN(Nc1ncncn1)C(=S)CC. The molecule has 0 aliphatic rings. The second-order valence-electron chi connectivity index (χ2n) is 2.72. The van der Waals surface area contributed by atoms with Crippen molar-refractivity contribution in [1.29, 1.82) is 0 Å². The summed E-state index contributed by atoms with van der Waals surface area (Å²) in [6.45, 7) is 6.27. The molecule has 1 rings (SSSR count). The van der Waals surface area contributed by atoms with Gasteiger partial charge in [-0.1, -0.05) is 25.2 Å². The molecule has 0 saturated heterocycles. The van der Waals surface area contributed by atoms with E-state index in [0.717, 1.165) is 11.4 Å². The van der Waals surface area contributed by atoms with Crippen LogP contribution in [0.5, 0.6) is 0 Å². The molecule has 80 valence electrons. The minimum Gasteiger partial charge on any atom is -0.275 e. The fourth-order valence-electron chi connectivity index (χ4n) is 0.947. The molecule has 0 spiro atoms. The molecule has 0 aliphatic carbocycles. The lowest BCUT2D eigenvalue weighted by atomic mass is 10.4. The minimum absolute atomic E-state index is 0.475. The van der Waals surface area contributed by atoms with Gasteiger partial charge in [0.05, 0.1) is 11.5 Å². The summed E-state index contributed by atoms with van der Waals surface area (Å²) in [6.07, 6.45) is 5.39. The van der Waals surface area contributed by atoms with Crippen LogP contribution in [0.4, 0.5) is 5.95 Å². The van der Waals surface area contributed by atoms with E-state index in [4.69, 9.17) is 12.2 Å². The summed E-state index contributed by atoms with van der Waals surface area (Å²) in [4.78, 5) is 12.4. The van der Waals surface area contributed by atoms with Crippen LogP contribution in [0.2, 0.25) is 0 Å². The van der Waals surface area contributed by atoms with Gasteiger partial charge in [-0.2, -0.15) is 9.97 Å². The van der Waals surface area contributed by atoms with Gasteiger partial charge in [-0.3, -0.25) is 10.4 Å². The number of nitrogens with zero attached hydrogens (tertiary/aromatic N) is 4. The van der Waals surface area contributed by atoms with E-state index < -0.39 is 0 Å². The Hall–Kier alpha value is -1.56. The van der Waals surface area contributed by atoms with Gasteiger partial charge < -0.3 is 0 Å². The lowest BCUT2D eigenvalue weighted by molar-refractivity contribution is 0.544. The average Bonchev–Trinajstić information content (AvgIpc) is 2.29. The van der Waals surface area contributed by atoms with E-state index in [9.17, 15) is 0 Å². The van der Waals surface area contributed by atoms with E-state index >= 15 is 0 Å². The molecule has 6 heteroatoms. The fraction of sp³-hybridized carbons (Fsp3) is 0.333. The quantitative estimate of drug-likeness (QED) is 0.463. The highest BCUT2D eigenvalue weighted by molar-refractivity contribution is 7.80. The molecule has 0 radical (unpaired) electrons. The average molecular weight is 223 g/mol. The molecule has 0 aromatic carbocycles. The molecule has 15 heavy (non-hydrogen) atoms. The Bertz CT molecular complexity index is 327. The third-order valence-electron chi connectivity index (χ3n) is 1.64. The van der Waals surface area contributed by atoms with Crippen molar-refractivity contribution in [2.75, 3.05) is 12.0 Å². The first-order valence-electron chi connectivity index (χ1n) is 4.57. The summed E-state index contributed by atoms with van der Waals surface area (Å²) >= 11 is 5.19. The summed E-state index contributed by atoms with van der Waals surface area (Å²) in [7, 11) is 0. The highest BCUT2D eigenvalue weighted by Gasteiger charge is 2.06. The number of hydrogen-bond donors (Lipinski definition) is 1. The van der Waals surface area contributed by atoms with Crippen LogP contribution in [0.1, 0.15) is 13.3 Å². The monoisotopic (exact) mass is 223 g/mol. The van der Waals surface area contributed by atoms with Crippen LogP contribution < -0.4 is 5.43 Å². The van der Waals surface area contributed by atoms with Crippen LogP contribution in [0.15, 0.2) is 25.3 Å². The van der Waals surface area contributed by atoms with Crippen molar-refractivity contribution in [3.63, 3.8) is 0 Å². The van der Waals surface area contributed by atoms with Crippen LogP contribution in [0, 0.1) is 0 Å². The van der Waals surface area contributed by atoms with Crippen molar-refractivity contribution in [3.8, 4) is 0 Å². The summed E-state index contributed by atoms with van der Waals surface area (Å²) in [5.74, 6) is 0.475. The first kappa shape index (κ1) is 11.5. The number of hydrazine groups is 1. The van der Waals surface area contributed by atoms with Gasteiger partial charge in [0, 0.05) is 0 Å². The Balaban J connectivity index is 2.66. The van der Waals surface area contributed by atoms with Crippen LogP contribution in [0.25, 0.3) is 0 Å². The third kappa shape index (κ3) is 3.59. The van der Waals surface area contributed by atoms with Gasteiger partial charge in [-0.05, 0) is 6.42 Å². The number of anilines is 1. The molecule has 0 saturated carbocycles. The Morgan fingerprint density at radius 3 is 2.80 bits per heavy atom. The highest BCUT2D eigenvalue weighted by atomic mass is 32.1. The molecule has 5 nitrogen and oxygen atoms in total. The van der Waals surface area contributed by atoms with Crippen LogP contribution >= 0.6 is 12.2 Å². The van der Waals surface area contributed by atoms with E-state index in [2.05, 4.69) is 27.0 Å². The standard InChI is InChI=1S/C9H13N5S/c1-3-5-14(8(15)4-2)13-9-11-6-10-7-12-9/h3,6-7H,1,4-5H2,2H3,(H,10,11,12,13). The zero-order valence-electron chi connectivity index (χ0n) is 8.55. The normalized spacial score (nSPS) is 9.40. The van der Waals surface area contributed by atoms with Crippen LogP contribution in [-0.4, -0.2) is 31.5 Å². The molecule has 1 heterocycles. The van der Waals surface area contributed by atoms with E-state index in [-0.39, 0.29) is 0 Å². The van der Waals surface area contributed by atoms with E-state index in [0.29, 0.717) is 12.5 Å². The van der Waals surface area contributed by atoms with Crippen molar-refractivity contribution in [2.45, 2.75) is 13.3 Å². The largest absolute Gasteiger partial charge is 0.275 e. The fourth-order valence-corrected chi connectivity index (χ4v) is 1.07. The molecule has 0 fully saturated rings. The molecule has 1 N–H and O–H groups in total. The maximum absolute atomic E-state index is 5.19. The van der Waals surface area contributed by atoms with Crippen LogP contribution in [-0.2, 0) is 0 Å². The molecular formula is C9H13N5S. The third-order valence-corrected chi connectivity index (χ3v) is 2.15. The van der Waals surface area contributed by atoms with E-state index in [1.807, 2.05) is 6.92 Å². The van der Waals surface area contributed by atoms with Crippen molar-refractivity contribution >= 4 is 23.2 Å². The Labute approximate surface area is 94.2 Å². The lowest BCUT2D eigenvalue weighted by Gasteiger charge is -2.23. The van der Waals surface area contributed by atoms with Crippen molar-refractivity contribution in [2.24, 2.45) is 0 Å². The second kappa shape index (κ2) is 6.02. The Morgan fingerprint density at radius 1 is 1.60 bits per heavy atom. The number of hydrogen-bond acceptors (Lipinski definition) is 5. The topological polar surface area (TPSA) is 53.9 Å². The van der Waals surface area contributed by atoms with E-state index in [1.165, 1.54) is 12.7 Å². The van der Waals surface area contributed by atoms with Gasteiger partial charge >= 0.3 is 0 Å². The number of nitrogens with one attached hydrogen (secondary N) is 1. The van der Waals surface area contributed by atoms with Gasteiger partial charge in [0.15, 0.2) is 0 Å². The van der Waals surface area contributed by atoms with Crippen molar-refractivity contribution in [3.05, 3.63) is 25.3 Å². The molecule has 0 unspecified atom stereocenters. The molecular weight excluding hydrogens is 210 g/mol. The van der Waals surface area contributed by atoms with Gasteiger partial charge in [0.25, 0.3) is 0 Å². The van der Waals surface area contributed by atoms with Crippen molar-refractivity contribution in [1.82, 2.24) is 20.0 Å². The van der Waals surface area contributed by atoms with Gasteiger partial charge in [0.1, 0.15) is 12.7 Å². The van der Waals surface area contributed by atoms with Gasteiger partial charge in [0.2, 0.25) is 5.95 Å².